The van der Waals surface area contributed by atoms with Crippen molar-refractivity contribution in [2.45, 2.75) is 51.1 Å². The Labute approximate surface area is 119 Å². The third-order valence-electron chi connectivity index (χ3n) is 4.91. The summed E-state index contributed by atoms with van der Waals surface area (Å²) in [5.74, 6) is 1.11. The quantitative estimate of drug-likeness (QED) is 0.856. The summed E-state index contributed by atoms with van der Waals surface area (Å²) in [6.07, 6.45) is 5.76. The van der Waals surface area contributed by atoms with E-state index in [9.17, 15) is 4.79 Å². The van der Waals surface area contributed by atoms with Crippen LogP contribution in [-0.4, -0.2) is 27.8 Å². The first-order chi connectivity index (χ1) is 9.54. The van der Waals surface area contributed by atoms with Gasteiger partial charge in [-0.2, -0.15) is 5.10 Å². The average molecular weight is 276 g/mol. The van der Waals surface area contributed by atoms with E-state index >= 15 is 0 Å². The zero-order valence-corrected chi connectivity index (χ0v) is 12.3. The monoisotopic (exact) mass is 276 g/mol. The van der Waals surface area contributed by atoms with Gasteiger partial charge in [0.05, 0.1) is 5.69 Å². The predicted molar refractivity (Wildman–Crippen MR) is 77.2 cm³/mol. The largest absolute Gasteiger partial charge is 0.347 e. The highest BCUT2D eigenvalue weighted by molar-refractivity contribution is 5.92. The molecule has 0 saturated heterocycles. The van der Waals surface area contributed by atoms with E-state index in [1.54, 1.807) is 4.68 Å². The second-order valence-corrected chi connectivity index (χ2v) is 6.48. The minimum atomic E-state index is 0.00507. The fourth-order valence-corrected chi connectivity index (χ4v) is 4.07. The van der Waals surface area contributed by atoms with Crippen molar-refractivity contribution >= 4 is 5.91 Å². The fraction of sp³-hybridized carbons (Fsp3) is 0.733. The highest BCUT2D eigenvalue weighted by atomic mass is 16.2. The van der Waals surface area contributed by atoms with Crippen LogP contribution in [0.25, 0.3) is 0 Å². The van der Waals surface area contributed by atoms with Gasteiger partial charge in [-0.15, -0.1) is 0 Å². The van der Waals surface area contributed by atoms with E-state index in [1.165, 1.54) is 19.3 Å². The number of nitrogens with zero attached hydrogens (tertiary/aromatic N) is 2. The van der Waals surface area contributed by atoms with Crippen molar-refractivity contribution in [2.75, 3.05) is 0 Å². The lowest BCUT2D eigenvalue weighted by molar-refractivity contribution is 0.0748. The van der Waals surface area contributed by atoms with Gasteiger partial charge in [-0.25, -0.2) is 0 Å². The van der Waals surface area contributed by atoms with E-state index < -0.39 is 0 Å². The summed E-state index contributed by atoms with van der Waals surface area (Å²) in [6, 6.07) is 2.46. The predicted octanol–water partition coefficient (Wildman–Crippen LogP) is 1.36. The molecule has 110 valence electrons. The topological polar surface area (TPSA) is 72.9 Å². The minimum absolute atomic E-state index is 0.00507. The van der Waals surface area contributed by atoms with Crippen molar-refractivity contribution in [2.24, 2.45) is 24.6 Å². The number of carbonyl (C=O) groups is 1. The molecule has 1 amide bonds. The lowest BCUT2D eigenvalue weighted by Gasteiger charge is -2.45. The van der Waals surface area contributed by atoms with Crippen LogP contribution in [0, 0.1) is 18.8 Å². The van der Waals surface area contributed by atoms with Gasteiger partial charge in [-0.1, -0.05) is 6.42 Å². The van der Waals surface area contributed by atoms with E-state index in [0.29, 0.717) is 29.6 Å². The maximum Gasteiger partial charge on any atom is 0.269 e. The van der Waals surface area contributed by atoms with Gasteiger partial charge in [-0.05, 0) is 50.5 Å². The Morgan fingerprint density at radius 1 is 1.40 bits per heavy atom. The van der Waals surface area contributed by atoms with E-state index in [4.69, 9.17) is 5.73 Å². The molecular formula is C15H24N4O. The van der Waals surface area contributed by atoms with Crippen LogP contribution in [0.2, 0.25) is 0 Å². The molecule has 20 heavy (non-hydrogen) atoms. The minimum Gasteiger partial charge on any atom is -0.347 e. The molecule has 1 heterocycles. The number of hydrogen-bond acceptors (Lipinski definition) is 3. The molecule has 5 nitrogen and oxygen atoms in total. The van der Waals surface area contributed by atoms with E-state index in [1.807, 2.05) is 20.0 Å². The molecule has 0 aromatic carbocycles. The summed E-state index contributed by atoms with van der Waals surface area (Å²) in [4.78, 5) is 12.5. The molecule has 0 aliphatic heterocycles. The molecule has 0 radical (unpaired) electrons. The van der Waals surface area contributed by atoms with Crippen molar-refractivity contribution in [3.8, 4) is 0 Å². The SMILES string of the molecule is Cc1cc(C(=O)NC2C3CCCC2CC(N)C3)n(C)n1. The number of nitrogens with two attached hydrogens (primary N) is 1. The number of fused-ring (bicyclic) bond motifs is 2. The van der Waals surface area contributed by atoms with E-state index in [0.717, 1.165) is 18.5 Å². The van der Waals surface area contributed by atoms with Crippen LogP contribution in [0.4, 0.5) is 0 Å². The van der Waals surface area contributed by atoms with E-state index in [2.05, 4.69) is 10.4 Å². The standard InChI is InChI=1S/C15H24N4O/c1-9-6-13(19(2)18-9)15(20)17-14-10-4-3-5-11(14)8-12(16)7-10/h6,10-12,14H,3-5,7-8,16H2,1-2H3,(H,17,20). The van der Waals surface area contributed by atoms with Crippen LogP contribution in [0.5, 0.6) is 0 Å². The number of rotatable bonds is 2. The summed E-state index contributed by atoms with van der Waals surface area (Å²) < 4.78 is 1.66. The maximum absolute atomic E-state index is 12.5. The second kappa shape index (κ2) is 5.20. The van der Waals surface area contributed by atoms with Gasteiger partial charge < -0.3 is 11.1 Å². The number of hydrogen-bond donors (Lipinski definition) is 2. The summed E-state index contributed by atoms with van der Waals surface area (Å²) >= 11 is 0. The van der Waals surface area contributed by atoms with Crippen molar-refractivity contribution in [3.63, 3.8) is 0 Å². The highest BCUT2D eigenvalue weighted by Gasteiger charge is 2.40. The second-order valence-electron chi connectivity index (χ2n) is 6.48. The first-order valence-electron chi connectivity index (χ1n) is 7.61. The fourth-order valence-electron chi connectivity index (χ4n) is 4.07. The van der Waals surface area contributed by atoms with Crippen molar-refractivity contribution in [3.05, 3.63) is 17.5 Å². The number of amides is 1. The van der Waals surface area contributed by atoms with Crippen LogP contribution in [0.1, 0.15) is 48.3 Å². The van der Waals surface area contributed by atoms with Crippen LogP contribution >= 0.6 is 0 Å². The van der Waals surface area contributed by atoms with Gasteiger partial charge >= 0.3 is 0 Å². The molecule has 2 bridgehead atoms. The van der Waals surface area contributed by atoms with Gasteiger partial charge in [0.2, 0.25) is 0 Å². The molecule has 1 aromatic heterocycles. The smallest absolute Gasteiger partial charge is 0.269 e. The first kappa shape index (κ1) is 13.6. The zero-order chi connectivity index (χ0) is 14.3. The van der Waals surface area contributed by atoms with Gasteiger partial charge in [-0.3, -0.25) is 9.48 Å². The Kier molecular flexibility index (Phi) is 3.54. The normalized spacial score (nSPS) is 33.0. The van der Waals surface area contributed by atoms with Gasteiger partial charge in [0.1, 0.15) is 5.69 Å². The Balaban J connectivity index is 1.74. The highest BCUT2D eigenvalue weighted by Crippen LogP contribution is 2.39. The third kappa shape index (κ3) is 2.46. The van der Waals surface area contributed by atoms with Crippen molar-refractivity contribution in [1.29, 1.82) is 0 Å². The molecule has 2 aliphatic carbocycles. The molecule has 5 heteroatoms. The first-order valence-corrected chi connectivity index (χ1v) is 7.61. The Morgan fingerprint density at radius 2 is 2.05 bits per heavy atom. The number of aryl methyl sites for hydroxylation is 2. The molecule has 0 spiro atoms. The van der Waals surface area contributed by atoms with Crippen molar-refractivity contribution in [1.82, 2.24) is 15.1 Å². The number of nitrogens with one attached hydrogen (secondary N) is 1. The molecule has 1 aromatic rings. The zero-order valence-electron chi connectivity index (χ0n) is 12.3. The number of aromatic nitrogens is 2. The van der Waals surface area contributed by atoms with Gasteiger partial charge in [0.15, 0.2) is 0 Å². The van der Waals surface area contributed by atoms with Crippen LogP contribution in [0.15, 0.2) is 6.07 Å². The van der Waals surface area contributed by atoms with Gasteiger partial charge in [0.25, 0.3) is 5.91 Å². The molecule has 3 N–H and O–H groups in total. The summed E-state index contributed by atoms with van der Waals surface area (Å²) in [6.45, 7) is 1.91. The molecule has 3 rings (SSSR count). The maximum atomic E-state index is 12.5. The lowest BCUT2D eigenvalue weighted by Crippen LogP contribution is -2.53. The molecule has 2 aliphatic rings. The Bertz CT molecular complexity index is 496. The Morgan fingerprint density at radius 3 is 2.60 bits per heavy atom. The molecule has 2 unspecified atom stereocenters. The molecule has 2 fully saturated rings. The third-order valence-corrected chi connectivity index (χ3v) is 4.91. The van der Waals surface area contributed by atoms with Crippen LogP contribution in [0.3, 0.4) is 0 Å². The summed E-state index contributed by atoms with van der Waals surface area (Å²) in [5, 5.41) is 7.50. The lowest BCUT2D eigenvalue weighted by atomic mass is 9.67. The summed E-state index contributed by atoms with van der Waals surface area (Å²) in [7, 11) is 1.82. The number of carbonyl (C=O) groups excluding carboxylic acids is 1. The molecule has 2 atom stereocenters. The Hall–Kier alpha value is -1.36. The average Bonchev–Trinajstić information content (AvgIpc) is 2.69. The van der Waals surface area contributed by atoms with Gasteiger partial charge in [0, 0.05) is 19.1 Å². The van der Waals surface area contributed by atoms with Crippen molar-refractivity contribution < 1.29 is 4.79 Å². The van der Waals surface area contributed by atoms with E-state index in [-0.39, 0.29) is 5.91 Å². The molecular weight excluding hydrogens is 252 g/mol. The summed E-state index contributed by atoms with van der Waals surface area (Å²) in [5.41, 5.74) is 7.66. The van der Waals surface area contributed by atoms with Crippen LogP contribution in [-0.2, 0) is 7.05 Å². The molecule has 2 saturated carbocycles. The van der Waals surface area contributed by atoms with Crippen LogP contribution < -0.4 is 11.1 Å².